The van der Waals surface area contributed by atoms with E-state index < -0.39 is 5.91 Å². The van der Waals surface area contributed by atoms with E-state index in [1.54, 1.807) is 42.6 Å². The van der Waals surface area contributed by atoms with Gasteiger partial charge in [-0.25, -0.2) is 14.4 Å². The van der Waals surface area contributed by atoms with Crippen LogP contribution in [0.5, 0.6) is 0 Å². The molecule has 1 aliphatic rings. The molecule has 2 amide bonds. The van der Waals surface area contributed by atoms with Crippen molar-refractivity contribution in [2.45, 2.75) is 77.8 Å². The van der Waals surface area contributed by atoms with Gasteiger partial charge in [-0.05, 0) is 72.9 Å². The minimum atomic E-state index is -0.435. The minimum absolute atomic E-state index is 0.0205. The molecule has 9 nitrogen and oxygen atoms in total. The Morgan fingerprint density at radius 2 is 1.60 bits per heavy atom. The molecule has 0 radical (unpaired) electrons. The van der Waals surface area contributed by atoms with Gasteiger partial charge in [0.05, 0.1) is 5.56 Å². The number of aromatic nitrogens is 3. The highest BCUT2D eigenvalue weighted by Crippen LogP contribution is 2.20. The Morgan fingerprint density at radius 3 is 2.23 bits per heavy atom. The van der Waals surface area contributed by atoms with Gasteiger partial charge in [-0.2, -0.15) is 4.98 Å². The summed E-state index contributed by atoms with van der Waals surface area (Å²) in [5.41, 5.74) is 9.37. The minimum Gasteiger partial charge on any atom is -0.383 e. The Labute approximate surface area is 276 Å². The first kappa shape index (κ1) is 34.6. The molecule has 1 saturated carbocycles. The number of anilines is 3. The molecule has 47 heavy (non-hydrogen) atoms. The zero-order valence-electron chi connectivity index (χ0n) is 27.0. The van der Waals surface area contributed by atoms with Crippen molar-refractivity contribution in [1.82, 2.24) is 25.6 Å². The van der Waals surface area contributed by atoms with E-state index in [1.165, 1.54) is 56.9 Å². The number of nitrogens with zero attached hydrogens (tertiary/aromatic N) is 3. The Morgan fingerprint density at radius 1 is 0.894 bits per heavy atom. The van der Waals surface area contributed by atoms with Gasteiger partial charge < -0.3 is 21.7 Å². The lowest BCUT2D eigenvalue weighted by molar-refractivity contribution is 0.0942. The number of benzene rings is 2. The first-order valence-electron chi connectivity index (χ1n) is 16.2. The summed E-state index contributed by atoms with van der Waals surface area (Å²) < 4.78 is 13.0. The number of unbranched alkanes of at least 4 members (excludes halogenated alkanes) is 5. The summed E-state index contributed by atoms with van der Waals surface area (Å²) in [6.07, 6.45) is 13.5. The maximum absolute atomic E-state index is 13.0. The highest BCUT2D eigenvalue weighted by Gasteiger charge is 2.23. The van der Waals surface area contributed by atoms with Gasteiger partial charge in [0, 0.05) is 41.8 Å². The molecule has 1 fully saturated rings. The average Bonchev–Trinajstić information content (AvgIpc) is 3.90. The third kappa shape index (κ3) is 11.9. The standard InChI is InChI=1S/C29H24FN7O2.C8H18/c30-21-6-1-19(2-7-21)16-33-28(39)25-17-34-29(37-26(25)31)36-23-8-3-18(4-9-23)5-10-24-15-20(13-14-32-24)27(38)35-22-11-12-22;1-3-5-7-8-6-4-2/h1-4,6-9,13-15,17,22H,11-12,16H2,(H,33,39)(H,35,38)(H3,31,34,36,37);3-8H2,1-2H3. The molecule has 2 aromatic heterocycles. The molecule has 244 valence electrons. The monoisotopic (exact) mass is 635 g/mol. The van der Waals surface area contributed by atoms with E-state index in [-0.39, 0.29) is 41.6 Å². The van der Waals surface area contributed by atoms with Gasteiger partial charge in [0.25, 0.3) is 11.8 Å². The number of carbonyl (C=O) groups excluding carboxylic acids is 2. The van der Waals surface area contributed by atoms with Gasteiger partial charge in [-0.3, -0.25) is 9.59 Å². The van der Waals surface area contributed by atoms with Gasteiger partial charge in [0.15, 0.2) is 0 Å². The van der Waals surface area contributed by atoms with Crippen molar-refractivity contribution < 1.29 is 14.0 Å². The molecule has 5 rings (SSSR count). The second kappa shape index (κ2) is 18.0. The highest BCUT2D eigenvalue weighted by molar-refractivity contribution is 5.98. The number of nitrogens with two attached hydrogens (primary N) is 1. The summed E-state index contributed by atoms with van der Waals surface area (Å²) in [5.74, 6) is 5.38. The van der Waals surface area contributed by atoms with Crippen LogP contribution in [0.3, 0.4) is 0 Å². The molecular weight excluding hydrogens is 593 g/mol. The lowest BCUT2D eigenvalue weighted by atomic mass is 10.1. The van der Waals surface area contributed by atoms with Crippen LogP contribution in [0.15, 0.2) is 73.1 Å². The van der Waals surface area contributed by atoms with E-state index in [2.05, 4.69) is 56.6 Å². The second-order valence-electron chi connectivity index (χ2n) is 11.3. The van der Waals surface area contributed by atoms with E-state index >= 15 is 0 Å². The largest absolute Gasteiger partial charge is 0.383 e. The fourth-order valence-electron chi connectivity index (χ4n) is 4.40. The van der Waals surface area contributed by atoms with E-state index in [0.717, 1.165) is 24.0 Å². The first-order chi connectivity index (χ1) is 22.8. The smallest absolute Gasteiger partial charge is 0.256 e. The summed E-state index contributed by atoms with van der Waals surface area (Å²) >= 11 is 0. The molecule has 0 spiro atoms. The van der Waals surface area contributed by atoms with Crippen LogP contribution in [0.2, 0.25) is 0 Å². The lowest BCUT2D eigenvalue weighted by Gasteiger charge is -2.09. The zero-order valence-corrected chi connectivity index (χ0v) is 27.0. The SMILES string of the molecule is CCCCCCCC.Nc1nc(Nc2ccc(C#Cc3cc(C(=O)NC4CC4)ccn3)cc2)ncc1C(=O)NCc1ccc(F)cc1. The topological polar surface area (TPSA) is 135 Å². The normalized spacial score (nSPS) is 11.7. The van der Waals surface area contributed by atoms with Crippen molar-refractivity contribution in [3.05, 3.63) is 107 Å². The van der Waals surface area contributed by atoms with Gasteiger partial charge in [0.2, 0.25) is 5.95 Å². The number of nitrogen functional groups attached to an aromatic ring is 1. The van der Waals surface area contributed by atoms with Crippen LogP contribution in [-0.4, -0.2) is 32.8 Å². The van der Waals surface area contributed by atoms with E-state index in [0.29, 0.717) is 16.9 Å². The maximum atomic E-state index is 13.0. The predicted octanol–water partition coefficient (Wildman–Crippen LogP) is 6.93. The highest BCUT2D eigenvalue weighted by atomic mass is 19.1. The summed E-state index contributed by atoms with van der Waals surface area (Å²) in [7, 11) is 0. The number of halogens is 1. The number of rotatable bonds is 12. The summed E-state index contributed by atoms with van der Waals surface area (Å²) in [5, 5.41) is 8.71. The van der Waals surface area contributed by atoms with Crippen molar-refractivity contribution in [2.24, 2.45) is 0 Å². The van der Waals surface area contributed by atoms with Gasteiger partial charge in [0.1, 0.15) is 17.3 Å². The van der Waals surface area contributed by atoms with E-state index in [4.69, 9.17) is 5.73 Å². The first-order valence-corrected chi connectivity index (χ1v) is 16.2. The Hall–Kier alpha value is -5.30. The third-order valence-electron chi connectivity index (χ3n) is 7.30. The molecule has 10 heteroatoms. The Balaban J connectivity index is 0.000000555. The number of amides is 2. The summed E-state index contributed by atoms with van der Waals surface area (Å²) in [6, 6.07) is 16.7. The fourth-order valence-corrected chi connectivity index (χ4v) is 4.40. The van der Waals surface area contributed by atoms with Gasteiger partial charge in [-0.1, -0.05) is 70.4 Å². The molecule has 0 bridgehead atoms. The number of nitrogens with one attached hydrogen (secondary N) is 3. The quantitative estimate of drug-likeness (QED) is 0.0980. The molecule has 0 saturated heterocycles. The number of hydrogen-bond acceptors (Lipinski definition) is 7. The van der Waals surface area contributed by atoms with Crippen LogP contribution in [0.4, 0.5) is 21.8 Å². The van der Waals surface area contributed by atoms with Crippen molar-refractivity contribution in [2.75, 3.05) is 11.1 Å². The van der Waals surface area contributed by atoms with Gasteiger partial charge >= 0.3 is 0 Å². The molecule has 0 atom stereocenters. The van der Waals surface area contributed by atoms with E-state index in [9.17, 15) is 14.0 Å². The zero-order chi connectivity index (χ0) is 33.4. The molecular formula is C37H42FN7O2. The molecule has 0 unspecified atom stereocenters. The maximum Gasteiger partial charge on any atom is 0.256 e. The molecule has 5 N–H and O–H groups in total. The third-order valence-corrected chi connectivity index (χ3v) is 7.30. The van der Waals surface area contributed by atoms with Crippen molar-refractivity contribution in [3.8, 4) is 11.8 Å². The molecule has 0 aliphatic heterocycles. The lowest BCUT2D eigenvalue weighted by Crippen LogP contribution is -2.25. The van der Waals surface area contributed by atoms with Crippen LogP contribution < -0.4 is 21.7 Å². The van der Waals surface area contributed by atoms with Crippen LogP contribution in [-0.2, 0) is 6.54 Å². The molecule has 2 heterocycles. The van der Waals surface area contributed by atoms with Crippen LogP contribution in [0, 0.1) is 17.7 Å². The molecule has 2 aromatic carbocycles. The molecule has 4 aromatic rings. The Bertz CT molecular complexity index is 1670. The number of carbonyl (C=O) groups is 2. The number of hydrogen-bond donors (Lipinski definition) is 4. The second-order valence-corrected chi connectivity index (χ2v) is 11.3. The van der Waals surface area contributed by atoms with Crippen LogP contribution in [0.1, 0.15) is 103 Å². The Kier molecular flexibility index (Phi) is 13.2. The van der Waals surface area contributed by atoms with Crippen molar-refractivity contribution in [3.63, 3.8) is 0 Å². The van der Waals surface area contributed by atoms with Crippen molar-refractivity contribution >= 4 is 29.3 Å². The van der Waals surface area contributed by atoms with Gasteiger partial charge in [-0.15, -0.1) is 0 Å². The summed E-state index contributed by atoms with van der Waals surface area (Å²) in [4.78, 5) is 37.3. The predicted molar refractivity (Wildman–Crippen MR) is 183 cm³/mol. The fraction of sp³-hybridized carbons (Fsp3) is 0.324. The number of pyridine rings is 1. The van der Waals surface area contributed by atoms with E-state index in [1.807, 2.05) is 12.1 Å². The summed E-state index contributed by atoms with van der Waals surface area (Å²) in [6.45, 7) is 4.73. The molecule has 1 aliphatic carbocycles. The van der Waals surface area contributed by atoms with Crippen LogP contribution >= 0.6 is 0 Å². The van der Waals surface area contributed by atoms with Crippen LogP contribution in [0.25, 0.3) is 0 Å². The average molecular weight is 636 g/mol. The van der Waals surface area contributed by atoms with Crippen molar-refractivity contribution in [1.29, 1.82) is 0 Å².